The maximum absolute atomic E-state index is 9.84. The molecule has 3 heteroatoms. The first-order valence-corrected chi connectivity index (χ1v) is 9.55. The molecule has 24 heavy (non-hydrogen) atoms. The fourth-order valence-corrected chi connectivity index (χ4v) is 4.01. The number of ether oxygens (including phenoxy) is 1. The summed E-state index contributed by atoms with van der Waals surface area (Å²) in [6, 6.07) is 8.98. The minimum Gasteiger partial charge on any atom is -0.390 e. The molecule has 1 N–H and O–H groups in total. The van der Waals surface area contributed by atoms with Crippen LogP contribution < -0.4 is 0 Å². The molecular formula is C21H33NO2. The zero-order valence-electron chi connectivity index (χ0n) is 15.4. The summed E-state index contributed by atoms with van der Waals surface area (Å²) in [6.45, 7) is 9.20. The number of benzene rings is 1. The Hall–Kier alpha value is -0.900. The first-order chi connectivity index (χ1) is 11.4. The zero-order chi connectivity index (χ0) is 17.0. The Morgan fingerprint density at radius 2 is 1.58 bits per heavy atom. The Morgan fingerprint density at radius 3 is 2.17 bits per heavy atom. The summed E-state index contributed by atoms with van der Waals surface area (Å²) in [5, 5.41) is 9.84. The second-order valence-corrected chi connectivity index (χ2v) is 8.52. The van der Waals surface area contributed by atoms with Crippen LogP contribution in [0.4, 0.5) is 0 Å². The lowest BCUT2D eigenvalue weighted by Crippen LogP contribution is -2.42. The first kappa shape index (κ1) is 17.9. The Labute approximate surface area is 147 Å². The van der Waals surface area contributed by atoms with Crippen LogP contribution in [0.25, 0.3) is 0 Å². The number of aliphatic hydroxyl groups is 1. The lowest BCUT2D eigenvalue weighted by Gasteiger charge is -2.44. The van der Waals surface area contributed by atoms with Crippen LogP contribution in [0.15, 0.2) is 24.3 Å². The van der Waals surface area contributed by atoms with E-state index in [4.69, 9.17) is 4.74 Å². The fraction of sp³-hybridized carbons (Fsp3) is 0.714. The molecule has 1 aromatic carbocycles. The van der Waals surface area contributed by atoms with Gasteiger partial charge in [0.05, 0.1) is 5.60 Å². The molecule has 0 aliphatic carbocycles. The van der Waals surface area contributed by atoms with E-state index in [1.165, 1.54) is 49.9 Å². The molecule has 3 nitrogen and oxygen atoms in total. The van der Waals surface area contributed by atoms with Gasteiger partial charge in [-0.3, -0.25) is 4.90 Å². The normalized spacial score (nSPS) is 22.0. The summed E-state index contributed by atoms with van der Waals surface area (Å²) in [4.78, 5) is 2.60. The average Bonchev–Trinajstić information content (AvgIpc) is 2.57. The average molecular weight is 332 g/mol. The quantitative estimate of drug-likeness (QED) is 0.891. The van der Waals surface area contributed by atoms with Gasteiger partial charge in [-0.05, 0) is 82.0 Å². The van der Waals surface area contributed by atoms with E-state index in [2.05, 4.69) is 29.2 Å². The molecule has 0 saturated carbocycles. The van der Waals surface area contributed by atoms with Crippen molar-refractivity contribution in [2.75, 3.05) is 26.3 Å². The van der Waals surface area contributed by atoms with Crippen LogP contribution in [0.1, 0.15) is 57.1 Å². The summed E-state index contributed by atoms with van der Waals surface area (Å²) >= 11 is 0. The fourth-order valence-electron chi connectivity index (χ4n) is 4.01. The molecule has 1 aromatic rings. The monoisotopic (exact) mass is 331 g/mol. The molecule has 2 fully saturated rings. The summed E-state index contributed by atoms with van der Waals surface area (Å²) in [5.41, 5.74) is 2.73. The Bertz CT molecular complexity index is 502. The summed E-state index contributed by atoms with van der Waals surface area (Å²) < 4.78 is 5.54. The largest absolute Gasteiger partial charge is 0.390 e. The van der Waals surface area contributed by atoms with Gasteiger partial charge in [-0.15, -0.1) is 0 Å². The van der Waals surface area contributed by atoms with Gasteiger partial charge in [0, 0.05) is 19.8 Å². The predicted octanol–water partition coefficient (Wildman–Crippen LogP) is 3.78. The standard InChI is InChI=1S/C21H33NO2/c1-20(2,23)8-7-18-3-5-19(6-4-18)17-22-13-9-21(10-14-22)11-15-24-16-12-21/h3-6,23H,7-17H2,1-2H3. The number of hydrogen-bond donors (Lipinski definition) is 1. The molecule has 2 heterocycles. The first-order valence-electron chi connectivity index (χ1n) is 9.55. The second kappa shape index (κ2) is 7.55. The molecular weight excluding hydrogens is 298 g/mol. The minimum absolute atomic E-state index is 0.577. The molecule has 2 saturated heterocycles. The van der Waals surface area contributed by atoms with E-state index in [0.717, 1.165) is 32.6 Å². The van der Waals surface area contributed by atoms with Gasteiger partial charge in [-0.2, -0.15) is 0 Å². The van der Waals surface area contributed by atoms with E-state index < -0.39 is 5.60 Å². The highest BCUT2D eigenvalue weighted by Crippen LogP contribution is 2.40. The highest BCUT2D eigenvalue weighted by molar-refractivity contribution is 5.23. The summed E-state index contributed by atoms with van der Waals surface area (Å²) in [6.07, 6.45) is 6.94. The molecule has 0 aromatic heterocycles. The predicted molar refractivity (Wildman–Crippen MR) is 98.1 cm³/mol. The van der Waals surface area contributed by atoms with Crippen LogP contribution in [0.2, 0.25) is 0 Å². The van der Waals surface area contributed by atoms with Gasteiger partial charge in [0.2, 0.25) is 0 Å². The Kier molecular flexibility index (Phi) is 5.63. The van der Waals surface area contributed by atoms with Crippen molar-refractivity contribution in [3.05, 3.63) is 35.4 Å². The van der Waals surface area contributed by atoms with Gasteiger partial charge in [-0.1, -0.05) is 24.3 Å². The van der Waals surface area contributed by atoms with Crippen LogP contribution >= 0.6 is 0 Å². The summed E-state index contributed by atoms with van der Waals surface area (Å²) in [7, 11) is 0. The van der Waals surface area contributed by atoms with Crippen molar-refractivity contribution in [1.29, 1.82) is 0 Å². The molecule has 2 aliphatic heterocycles. The van der Waals surface area contributed by atoms with Crippen molar-refractivity contribution in [3.63, 3.8) is 0 Å². The van der Waals surface area contributed by atoms with Crippen molar-refractivity contribution >= 4 is 0 Å². The molecule has 3 rings (SSSR count). The molecule has 134 valence electrons. The van der Waals surface area contributed by atoms with E-state index in [-0.39, 0.29) is 0 Å². The number of rotatable bonds is 5. The highest BCUT2D eigenvalue weighted by atomic mass is 16.5. The van der Waals surface area contributed by atoms with Crippen LogP contribution in [0.3, 0.4) is 0 Å². The van der Waals surface area contributed by atoms with Crippen molar-refractivity contribution in [3.8, 4) is 0 Å². The van der Waals surface area contributed by atoms with E-state index in [9.17, 15) is 5.11 Å². The second-order valence-electron chi connectivity index (χ2n) is 8.52. The molecule has 0 bridgehead atoms. The van der Waals surface area contributed by atoms with Gasteiger partial charge >= 0.3 is 0 Å². The smallest absolute Gasteiger partial charge is 0.0594 e. The third-order valence-electron chi connectivity index (χ3n) is 5.92. The van der Waals surface area contributed by atoms with Crippen molar-refractivity contribution in [2.24, 2.45) is 5.41 Å². The number of nitrogens with zero attached hydrogens (tertiary/aromatic N) is 1. The third-order valence-corrected chi connectivity index (χ3v) is 5.92. The zero-order valence-corrected chi connectivity index (χ0v) is 15.4. The third kappa shape index (κ3) is 5.05. The number of piperidine rings is 1. The van der Waals surface area contributed by atoms with Gasteiger partial charge in [-0.25, -0.2) is 0 Å². The molecule has 0 atom stereocenters. The van der Waals surface area contributed by atoms with E-state index in [1.54, 1.807) is 0 Å². The molecule has 0 amide bonds. The Morgan fingerprint density at radius 1 is 1.00 bits per heavy atom. The van der Waals surface area contributed by atoms with Crippen LogP contribution in [0, 0.1) is 5.41 Å². The van der Waals surface area contributed by atoms with Gasteiger partial charge in [0.1, 0.15) is 0 Å². The van der Waals surface area contributed by atoms with E-state index in [0.29, 0.717) is 5.41 Å². The topological polar surface area (TPSA) is 32.7 Å². The van der Waals surface area contributed by atoms with Gasteiger partial charge < -0.3 is 9.84 Å². The SMILES string of the molecule is CC(C)(O)CCc1ccc(CN2CCC3(CCOCC3)CC2)cc1. The highest BCUT2D eigenvalue weighted by Gasteiger charge is 2.35. The van der Waals surface area contributed by atoms with E-state index in [1.807, 2.05) is 13.8 Å². The molecule has 1 spiro atoms. The summed E-state index contributed by atoms with van der Waals surface area (Å²) in [5.74, 6) is 0. The number of hydrogen-bond acceptors (Lipinski definition) is 3. The van der Waals surface area contributed by atoms with Crippen molar-refractivity contribution < 1.29 is 9.84 Å². The van der Waals surface area contributed by atoms with Crippen LogP contribution in [0.5, 0.6) is 0 Å². The van der Waals surface area contributed by atoms with Crippen LogP contribution in [-0.4, -0.2) is 41.9 Å². The maximum atomic E-state index is 9.84. The van der Waals surface area contributed by atoms with E-state index >= 15 is 0 Å². The van der Waals surface area contributed by atoms with Crippen molar-refractivity contribution in [2.45, 2.75) is 64.5 Å². The lowest BCUT2D eigenvalue weighted by atomic mass is 9.72. The van der Waals surface area contributed by atoms with Gasteiger partial charge in [0.15, 0.2) is 0 Å². The molecule has 0 unspecified atom stereocenters. The number of likely N-dealkylation sites (tertiary alicyclic amines) is 1. The molecule has 0 radical (unpaired) electrons. The maximum Gasteiger partial charge on any atom is 0.0594 e. The minimum atomic E-state index is -0.577. The molecule has 2 aliphatic rings. The number of aryl methyl sites for hydroxylation is 1. The van der Waals surface area contributed by atoms with Crippen molar-refractivity contribution in [1.82, 2.24) is 4.90 Å². The van der Waals surface area contributed by atoms with Crippen LogP contribution in [-0.2, 0) is 17.7 Å². The van der Waals surface area contributed by atoms with Gasteiger partial charge in [0.25, 0.3) is 0 Å². The Balaban J connectivity index is 1.46. The lowest BCUT2D eigenvalue weighted by molar-refractivity contribution is -0.0218.